The van der Waals surface area contributed by atoms with Gasteiger partial charge in [-0.1, -0.05) is 12.8 Å². The summed E-state index contributed by atoms with van der Waals surface area (Å²) in [7, 11) is 0. The molecule has 0 fully saturated rings. The van der Waals surface area contributed by atoms with Crippen molar-refractivity contribution in [2.45, 2.75) is 25.7 Å². The van der Waals surface area contributed by atoms with Gasteiger partial charge < -0.3 is 13.8 Å². The molecule has 0 heterocycles. The Balaban J connectivity index is 0. The zero-order valence-corrected chi connectivity index (χ0v) is 8.91. The molecule has 0 rings (SSSR count). The third-order valence-corrected chi connectivity index (χ3v) is 0.750. The fourth-order valence-corrected chi connectivity index (χ4v) is 0.354. The molecule has 0 aromatic heterocycles. The van der Waals surface area contributed by atoms with Crippen LogP contribution in [0.15, 0.2) is 0 Å². The van der Waals surface area contributed by atoms with Crippen LogP contribution in [0.25, 0.3) is 0 Å². The maximum absolute atomic E-state index is 3.70. The van der Waals surface area contributed by atoms with E-state index >= 15 is 0 Å². The van der Waals surface area contributed by atoms with Gasteiger partial charge in [0.15, 0.2) is 0 Å². The first-order valence-electron chi connectivity index (χ1n) is 2.50. The van der Waals surface area contributed by atoms with E-state index in [1.54, 1.807) is 0 Å². The summed E-state index contributed by atoms with van der Waals surface area (Å²) in [4.78, 5) is 0. The fourth-order valence-electron chi connectivity index (χ4n) is 0.354. The molecule has 0 aromatic rings. The van der Waals surface area contributed by atoms with Crippen LogP contribution in [0.2, 0.25) is 0 Å². The van der Waals surface area contributed by atoms with Gasteiger partial charge in [-0.25, -0.2) is 0 Å². The average molecular weight is 322 g/mol. The molecule has 1 heteroatoms. The fraction of sp³-hybridized carbons (Fsp3) is 0.667. The standard InChI is InChI=1S/C6H12.U/c1-3-5-6-4-2;/h1-6H2;/q-2;+2. The van der Waals surface area contributed by atoms with Gasteiger partial charge in [0.25, 0.3) is 0 Å². The van der Waals surface area contributed by atoms with Crippen LogP contribution in [0.1, 0.15) is 25.7 Å². The van der Waals surface area contributed by atoms with E-state index in [4.69, 9.17) is 0 Å². The average Bonchev–Trinajstić information content (AvgIpc) is 1.61. The van der Waals surface area contributed by atoms with Gasteiger partial charge >= 0.3 is 31.1 Å². The van der Waals surface area contributed by atoms with Crippen molar-refractivity contribution in [3.05, 3.63) is 13.8 Å². The third kappa shape index (κ3) is 11.0. The molecule has 40 valence electrons. The molecule has 0 spiro atoms. The second-order valence-corrected chi connectivity index (χ2v) is 1.41. The summed E-state index contributed by atoms with van der Waals surface area (Å²) in [6.07, 6.45) is 4.61. The number of hydrogen-bond donors (Lipinski definition) is 0. The van der Waals surface area contributed by atoms with Crippen molar-refractivity contribution in [2.24, 2.45) is 0 Å². The zero-order chi connectivity index (χ0) is 4.83. The summed E-state index contributed by atoms with van der Waals surface area (Å²) < 4.78 is 0. The minimum Gasteiger partial charge on any atom is -0.343 e. The van der Waals surface area contributed by atoms with E-state index in [1.807, 2.05) is 0 Å². The van der Waals surface area contributed by atoms with E-state index in [1.165, 1.54) is 12.8 Å². The first kappa shape index (κ1) is 10.9. The molecule has 0 aliphatic heterocycles. The maximum Gasteiger partial charge on any atom is 2.00 e. The maximum atomic E-state index is 3.70. The molecule has 0 atom stereocenters. The molecule has 0 amide bonds. The summed E-state index contributed by atoms with van der Waals surface area (Å²) >= 11 is 0. The minimum absolute atomic E-state index is 0. The molecule has 0 bridgehead atoms. The van der Waals surface area contributed by atoms with Crippen molar-refractivity contribution in [3.63, 3.8) is 0 Å². The summed E-state index contributed by atoms with van der Waals surface area (Å²) in [5, 5.41) is 0. The van der Waals surface area contributed by atoms with Crippen molar-refractivity contribution in [2.75, 3.05) is 0 Å². The Hall–Kier alpha value is 1.05. The molecule has 0 aliphatic rings. The molecule has 0 N–H and O–H groups in total. The predicted octanol–water partition coefficient (Wildman–Crippen LogP) is 2.21. The normalized spacial score (nSPS) is 7.71. The monoisotopic (exact) mass is 322 g/mol. The van der Waals surface area contributed by atoms with Gasteiger partial charge in [0, 0.05) is 0 Å². The van der Waals surface area contributed by atoms with Crippen molar-refractivity contribution >= 4 is 0 Å². The van der Waals surface area contributed by atoms with E-state index in [-0.39, 0.29) is 31.1 Å². The van der Waals surface area contributed by atoms with Gasteiger partial charge in [-0.3, -0.25) is 0 Å². The quantitative estimate of drug-likeness (QED) is 0.552. The van der Waals surface area contributed by atoms with Crippen molar-refractivity contribution in [1.82, 2.24) is 0 Å². The molecule has 0 aliphatic carbocycles. The Morgan fingerprint density at radius 3 is 1.29 bits per heavy atom. The Labute approximate surface area is 70.4 Å². The van der Waals surface area contributed by atoms with Crippen LogP contribution in [-0.4, -0.2) is 0 Å². The van der Waals surface area contributed by atoms with Crippen molar-refractivity contribution < 1.29 is 31.1 Å². The van der Waals surface area contributed by atoms with Crippen LogP contribution in [0.4, 0.5) is 0 Å². The molecule has 0 nitrogen and oxygen atoms in total. The molecular formula is C6H12U. The van der Waals surface area contributed by atoms with Crippen LogP contribution in [0.3, 0.4) is 0 Å². The molecular weight excluding hydrogens is 310 g/mol. The Morgan fingerprint density at radius 2 is 1.14 bits per heavy atom. The number of hydrogen-bond acceptors (Lipinski definition) is 0. The van der Waals surface area contributed by atoms with E-state index in [0.29, 0.717) is 0 Å². The van der Waals surface area contributed by atoms with E-state index in [9.17, 15) is 0 Å². The molecule has 0 saturated carbocycles. The van der Waals surface area contributed by atoms with Crippen LogP contribution < -0.4 is 0 Å². The van der Waals surface area contributed by atoms with Crippen molar-refractivity contribution in [1.29, 1.82) is 0 Å². The predicted molar refractivity (Wildman–Crippen MR) is 29.2 cm³/mol. The first-order valence-corrected chi connectivity index (χ1v) is 2.50. The van der Waals surface area contributed by atoms with Gasteiger partial charge in [-0.2, -0.15) is 12.8 Å². The molecule has 0 radical (unpaired) electrons. The Kier molecular flexibility index (Phi) is 15.8. The third-order valence-electron chi connectivity index (χ3n) is 0.750. The first-order chi connectivity index (χ1) is 2.91. The molecule has 0 aromatic carbocycles. The largest absolute Gasteiger partial charge is 2.00 e. The number of unbranched alkanes of at least 4 members (excludes halogenated alkanes) is 3. The van der Waals surface area contributed by atoms with Gasteiger partial charge in [-0.05, 0) is 0 Å². The molecule has 0 unspecified atom stereocenters. The van der Waals surface area contributed by atoms with Gasteiger partial charge in [-0.15, -0.1) is 0 Å². The van der Waals surface area contributed by atoms with Crippen LogP contribution in [0, 0.1) is 45.0 Å². The zero-order valence-electron chi connectivity index (χ0n) is 4.74. The van der Waals surface area contributed by atoms with E-state index in [2.05, 4.69) is 13.8 Å². The second kappa shape index (κ2) is 10.1. The van der Waals surface area contributed by atoms with Gasteiger partial charge in [0.1, 0.15) is 0 Å². The molecule has 0 saturated heterocycles. The second-order valence-electron chi connectivity index (χ2n) is 1.41. The smallest absolute Gasteiger partial charge is 0.343 e. The Morgan fingerprint density at radius 1 is 0.857 bits per heavy atom. The summed E-state index contributed by atoms with van der Waals surface area (Å²) in [6, 6.07) is 0. The van der Waals surface area contributed by atoms with Gasteiger partial charge in [0.2, 0.25) is 0 Å². The summed E-state index contributed by atoms with van der Waals surface area (Å²) in [5.74, 6) is 0. The van der Waals surface area contributed by atoms with E-state index < -0.39 is 0 Å². The van der Waals surface area contributed by atoms with Crippen LogP contribution in [-0.2, 0) is 0 Å². The number of rotatable bonds is 3. The van der Waals surface area contributed by atoms with Crippen LogP contribution >= 0.6 is 0 Å². The Bertz CT molecular complexity index is 16.1. The SMILES string of the molecule is [CH2-]CCCC[CH2-].[U+2]. The minimum atomic E-state index is 0. The molecule has 7 heavy (non-hydrogen) atoms. The summed E-state index contributed by atoms with van der Waals surface area (Å²) in [6.45, 7) is 7.39. The summed E-state index contributed by atoms with van der Waals surface area (Å²) in [5.41, 5.74) is 0. The van der Waals surface area contributed by atoms with Gasteiger partial charge in [0.05, 0.1) is 0 Å². The van der Waals surface area contributed by atoms with Crippen LogP contribution in [0.5, 0.6) is 0 Å². The topological polar surface area (TPSA) is 0 Å². The van der Waals surface area contributed by atoms with E-state index in [0.717, 1.165) is 12.8 Å². The van der Waals surface area contributed by atoms with Crippen molar-refractivity contribution in [3.8, 4) is 0 Å².